The summed E-state index contributed by atoms with van der Waals surface area (Å²) in [6.07, 6.45) is 3.58. The summed E-state index contributed by atoms with van der Waals surface area (Å²) in [4.78, 5) is 8.97. The van der Waals surface area contributed by atoms with Crippen LogP contribution in [0.4, 0.5) is 0 Å². The lowest BCUT2D eigenvalue weighted by Crippen LogP contribution is -2.16. The van der Waals surface area contributed by atoms with Crippen LogP contribution in [0.2, 0.25) is 0 Å². The molecule has 2 aromatic rings. The minimum atomic E-state index is 0.188. The maximum atomic E-state index is 5.78. The number of rotatable bonds is 4. The van der Waals surface area contributed by atoms with Gasteiger partial charge in [0.15, 0.2) is 0 Å². The van der Waals surface area contributed by atoms with Gasteiger partial charge in [-0.25, -0.2) is 9.97 Å². The molecule has 0 spiro atoms. The van der Waals surface area contributed by atoms with Crippen molar-refractivity contribution < 1.29 is 0 Å². The smallest absolute Gasteiger partial charge is 0.129 e. The van der Waals surface area contributed by atoms with Crippen LogP contribution in [0.1, 0.15) is 30.3 Å². The van der Waals surface area contributed by atoms with Gasteiger partial charge in [-0.15, -0.1) is 0 Å². The second kappa shape index (κ2) is 5.93. The van der Waals surface area contributed by atoms with Gasteiger partial charge < -0.3 is 5.73 Å². The molecular formula is C16H21N3. The Bertz CT molecular complexity index is 562. The van der Waals surface area contributed by atoms with Crippen molar-refractivity contribution in [3.8, 4) is 11.3 Å². The van der Waals surface area contributed by atoms with Gasteiger partial charge in [-0.3, -0.25) is 0 Å². The summed E-state index contributed by atoms with van der Waals surface area (Å²) < 4.78 is 0. The van der Waals surface area contributed by atoms with Crippen LogP contribution in [0, 0.1) is 13.8 Å². The zero-order valence-corrected chi connectivity index (χ0v) is 11.9. The second-order valence-electron chi connectivity index (χ2n) is 5.19. The molecule has 2 rings (SSSR count). The molecule has 0 aliphatic carbocycles. The second-order valence-corrected chi connectivity index (χ2v) is 5.19. The first-order chi connectivity index (χ1) is 9.06. The molecule has 3 nitrogen and oxygen atoms in total. The largest absolute Gasteiger partial charge is 0.328 e. The van der Waals surface area contributed by atoms with Gasteiger partial charge in [0.2, 0.25) is 0 Å². The first-order valence-electron chi connectivity index (χ1n) is 6.71. The molecule has 100 valence electrons. The summed E-state index contributed by atoms with van der Waals surface area (Å²) >= 11 is 0. The Morgan fingerprint density at radius 2 is 2.00 bits per heavy atom. The molecule has 19 heavy (non-hydrogen) atoms. The fourth-order valence-corrected chi connectivity index (χ4v) is 2.04. The average Bonchev–Trinajstić information content (AvgIpc) is 2.39. The molecule has 0 saturated carbocycles. The molecule has 1 heterocycles. The van der Waals surface area contributed by atoms with Crippen LogP contribution in [-0.2, 0) is 6.42 Å². The molecule has 3 heteroatoms. The molecule has 0 aliphatic heterocycles. The van der Waals surface area contributed by atoms with Crippen LogP contribution in [0.15, 0.2) is 30.5 Å². The van der Waals surface area contributed by atoms with Crippen LogP contribution in [0.25, 0.3) is 11.3 Å². The van der Waals surface area contributed by atoms with E-state index in [1.165, 1.54) is 16.7 Å². The summed E-state index contributed by atoms with van der Waals surface area (Å²) in [6.45, 7) is 6.22. The van der Waals surface area contributed by atoms with Gasteiger partial charge in [0, 0.05) is 24.2 Å². The SMILES string of the molecule is Cc1ccc(C)c(-c2ccnc(CCC(C)N)n2)c1. The van der Waals surface area contributed by atoms with E-state index >= 15 is 0 Å². The van der Waals surface area contributed by atoms with Crippen LogP contribution >= 0.6 is 0 Å². The summed E-state index contributed by atoms with van der Waals surface area (Å²) in [7, 11) is 0. The van der Waals surface area contributed by atoms with Crippen molar-refractivity contribution in [1.82, 2.24) is 9.97 Å². The van der Waals surface area contributed by atoms with Crippen molar-refractivity contribution in [2.45, 2.75) is 39.7 Å². The highest BCUT2D eigenvalue weighted by Crippen LogP contribution is 2.22. The lowest BCUT2D eigenvalue weighted by atomic mass is 10.0. The zero-order chi connectivity index (χ0) is 13.8. The summed E-state index contributed by atoms with van der Waals surface area (Å²) in [5, 5.41) is 0. The Kier molecular flexibility index (Phi) is 4.27. The molecule has 1 aromatic carbocycles. The van der Waals surface area contributed by atoms with Crippen molar-refractivity contribution in [1.29, 1.82) is 0 Å². The van der Waals surface area contributed by atoms with Gasteiger partial charge in [0.05, 0.1) is 5.69 Å². The molecule has 0 radical (unpaired) electrons. The topological polar surface area (TPSA) is 51.8 Å². The molecule has 0 bridgehead atoms. The number of hydrogen-bond acceptors (Lipinski definition) is 3. The highest BCUT2D eigenvalue weighted by molar-refractivity contribution is 5.64. The maximum Gasteiger partial charge on any atom is 0.129 e. The van der Waals surface area contributed by atoms with Crippen molar-refractivity contribution in [2.24, 2.45) is 5.73 Å². The highest BCUT2D eigenvalue weighted by atomic mass is 14.9. The lowest BCUT2D eigenvalue weighted by Gasteiger charge is -2.08. The molecule has 0 amide bonds. The minimum absolute atomic E-state index is 0.188. The Morgan fingerprint density at radius 3 is 2.74 bits per heavy atom. The molecule has 0 saturated heterocycles. The molecule has 0 fully saturated rings. The first-order valence-corrected chi connectivity index (χ1v) is 6.71. The van der Waals surface area contributed by atoms with Crippen molar-refractivity contribution in [2.75, 3.05) is 0 Å². The molecule has 1 atom stereocenters. The van der Waals surface area contributed by atoms with E-state index in [0.717, 1.165) is 24.4 Å². The summed E-state index contributed by atoms with van der Waals surface area (Å²) in [5.74, 6) is 0.871. The van der Waals surface area contributed by atoms with Gasteiger partial charge in [-0.05, 0) is 44.9 Å². The summed E-state index contributed by atoms with van der Waals surface area (Å²) in [5.41, 5.74) is 10.4. The number of hydrogen-bond donors (Lipinski definition) is 1. The lowest BCUT2D eigenvalue weighted by molar-refractivity contribution is 0.648. The number of aromatic nitrogens is 2. The fraction of sp³-hybridized carbons (Fsp3) is 0.375. The van der Waals surface area contributed by atoms with E-state index in [1.54, 1.807) is 0 Å². The van der Waals surface area contributed by atoms with E-state index in [2.05, 4.69) is 42.0 Å². The van der Waals surface area contributed by atoms with Crippen molar-refractivity contribution in [3.63, 3.8) is 0 Å². The van der Waals surface area contributed by atoms with Gasteiger partial charge in [-0.2, -0.15) is 0 Å². The minimum Gasteiger partial charge on any atom is -0.328 e. The zero-order valence-electron chi connectivity index (χ0n) is 11.9. The Hall–Kier alpha value is -1.74. The first kappa shape index (κ1) is 13.7. The number of nitrogens with two attached hydrogens (primary N) is 1. The van der Waals surface area contributed by atoms with Gasteiger partial charge in [0.1, 0.15) is 5.82 Å². The van der Waals surface area contributed by atoms with Crippen molar-refractivity contribution in [3.05, 3.63) is 47.4 Å². The van der Waals surface area contributed by atoms with E-state index in [0.29, 0.717) is 0 Å². The third kappa shape index (κ3) is 3.61. The number of benzene rings is 1. The number of nitrogens with zero attached hydrogens (tertiary/aromatic N) is 2. The third-order valence-corrected chi connectivity index (χ3v) is 3.20. The van der Waals surface area contributed by atoms with Crippen LogP contribution in [-0.4, -0.2) is 16.0 Å². The van der Waals surface area contributed by atoms with Crippen LogP contribution < -0.4 is 5.73 Å². The molecule has 2 N–H and O–H groups in total. The van der Waals surface area contributed by atoms with E-state index in [4.69, 9.17) is 5.73 Å². The van der Waals surface area contributed by atoms with E-state index in [1.807, 2.05) is 19.2 Å². The van der Waals surface area contributed by atoms with E-state index < -0.39 is 0 Å². The van der Waals surface area contributed by atoms with Crippen LogP contribution in [0.3, 0.4) is 0 Å². The predicted molar refractivity (Wildman–Crippen MR) is 78.9 cm³/mol. The fourth-order valence-electron chi connectivity index (χ4n) is 2.04. The van der Waals surface area contributed by atoms with E-state index in [-0.39, 0.29) is 6.04 Å². The third-order valence-electron chi connectivity index (χ3n) is 3.20. The molecule has 1 unspecified atom stereocenters. The van der Waals surface area contributed by atoms with Crippen LogP contribution in [0.5, 0.6) is 0 Å². The predicted octanol–water partition coefficient (Wildman–Crippen LogP) is 3.04. The van der Waals surface area contributed by atoms with Gasteiger partial charge in [-0.1, -0.05) is 17.7 Å². The average molecular weight is 255 g/mol. The Morgan fingerprint density at radius 1 is 1.21 bits per heavy atom. The molecular weight excluding hydrogens is 234 g/mol. The van der Waals surface area contributed by atoms with Gasteiger partial charge >= 0.3 is 0 Å². The Balaban J connectivity index is 2.29. The number of aryl methyl sites for hydroxylation is 3. The van der Waals surface area contributed by atoms with Gasteiger partial charge in [0.25, 0.3) is 0 Å². The normalized spacial score (nSPS) is 12.4. The highest BCUT2D eigenvalue weighted by Gasteiger charge is 2.06. The Labute approximate surface area is 114 Å². The molecule has 1 aromatic heterocycles. The van der Waals surface area contributed by atoms with Crippen molar-refractivity contribution >= 4 is 0 Å². The van der Waals surface area contributed by atoms with E-state index in [9.17, 15) is 0 Å². The quantitative estimate of drug-likeness (QED) is 0.913. The maximum absolute atomic E-state index is 5.78. The summed E-state index contributed by atoms with van der Waals surface area (Å²) in [6, 6.07) is 8.59. The molecule has 0 aliphatic rings. The monoisotopic (exact) mass is 255 g/mol. The standard InChI is InChI=1S/C16H21N3/c1-11-4-5-12(2)14(10-11)15-8-9-18-16(19-15)7-6-13(3)17/h4-5,8-10,13H,6-7,17H2,1-3H3.